The highest BCUT2D eigenvalue weighted by atomic mass is 127. The maximum absolute atomic E-state index is 12.6. The second kappa shape index (κ2) is 5.13. The third-order valence-electron chi connectivity index (χ3n) is 3.12. The Bertz CT molecular complexity index is 757. The normalized spacial score (nSPS) is 10.6. The van der Waals surface area contributed by atoms with E-state index in [2.05, 4.69) is 22.6 Å². The van der Waals surface area contributed by atoms with Gasteiger partial charge in [-0.2, -0.15) is 0 Å². The zero-order chi connectivity index (χ0) is 13.2. The first-order valence-corrected chi connectivity index (χ1v) is 7.11. The molecule has 0 saturated heterocycles. The highest BCUT2D eigenvalue weighted by Crippen LogP contribution is 2.22. The molecule has 1 nitrogen and oxygen atoms in total. The van der Waals surface area contributed by atoms with Crippen LogP contribution >= 0.6 is 22.6 Å². The van der Waals surface area contributed by atoms with Crippen LogP contribution in [0.15, 0.2) is 66.7 Å². The van der Waals surface area contributed by atoms with Crippen molar-refractivity contribution in [3.8, 4) is 0 Å². The molecule has 3 aromatic carbocycles. The number of hydrogen-bond acceptors (Lipinski definition) is 1. The average Bonchev–Trinajstić information content (AvgIpc) is 2.46. The van der Waals surface area contributed by atoms with E-state index in [0.717, 1.165) is 25.5 Å². The molecule has 19 heavy (non-hydrogen) atoms. The second-order valence-electron chi connectivity index (χ2n) is 4.37. The lowest BCUT2D eigenvalue weighted by atomic mass is 9.97. The van der Waals surface area contributed by atoms with Crippen LogP contribution < -0.4 is 0 Å². The van der Waals surface area contributed by atoms with Gasteiger partial charge in [0.2, 0.25) is 0 Å². The molecule has 3 aromatic rings. The fraction of sp³-hybridized carbons (Fsp3) is 0. The molecule has 0 unspecified atom stereocenters. The van der Waals surface area contributed by atoms with E-state index < -0.39 is 0 Å². The van der Waals surface area contributed by atoms with Crippen molar-refractivity contribution in [2.45, 2.75) is 0 Å². The van der Waals surface area contributed by atoms with Gasteiger partial charge in [0.15, 0.2) is 5.78 Å². The summed E-state index contributed by atoms with van der Waals surface area (Å²) < 4.78 is 1.07. The van der Waals surface area contributed by atoms with Crippen molar-refractivity contribution in [3.05, 3.63) is 81.4 Å². The van der Waals surface area contributed by atoms with Crippen molar-refractivity contribution in [3.63, 3.8) is 0 Å². The molecular formula is C17H11IO. The van der Waals surface area contributed by atoms with Crippen LogP contribution in [0.5, 0.6) is 0 Å². The molecule has 0 aliphatic carbocycles. The van der Waals surface area contributed by atoms with Crippen LogP contribution in [0.25, 0.3) is 10.8 Å². The van der Waals surface area contributed by atoms with Crippen LogP contribution in [-0.2, 0) is 0 Å². The van der Waals surface area contributed by atoms with Gasteiger partial charge in [0.25, 0.3) is 0 Å². The maximum Gasteiger partial charge on any atom is 0.193 e. The maximum atomic E-state index is 12.6. The fourth-order valence-electron chi connectivity index (χ4n) is 2.21. The summed E-state index contributed by atoms with van der Waals surface area (Å²) in [6.07, 6.45) is 0. The third kappa shape index (κ3) is 2.40. The Morgan fingerprint density at radius 2 is 1.58 bits per heavy atom. The van der Waals surface area contributed by atoms with Crippen molar-refractivity contribution < 1.29 is 4.79 Å². The van der Waals surface area contributed by atoms with Crippen LogP contribution in [0.1, 0.15) is 15.9 Å². The number of carbonyl (C=O) groups excluding carboxylic acids is 1. The summed E-state index contributed by atoms with van der Waals surface area (Å²) in [6.45, 7) is 0. The van der Waals surface area contributed by atoms with Gasteiger partial charge in [-0.1, -0.05) is 54.6 Å². The van der Waals surface area contributed by atoms with E-state index in [-0.39, 0.29) is 5.78 Å². The minimum Gasteiger partial charge on any atom is -0.289 e. The minimum atomic E-state index is 0.0790. The first-order valence-electron chi connectivity index (χ1n) is 6.04. The van der Waals surface area contributed by atoms with Crippen LogP contribution in [-0.4, -0.2) is 5.78 Å². The molecule has 2 heteroatoms. The number of halogens is 1. The number of carbonyl (C=O) groups is 1. The SMILES string of the molecule is O=C(c1cccc(I)c1)c1cccc2ccccc12. The van der Waals surface area contributed by atoms with Crippen molar-refractivity contribution in [1.29, 1.82) is 0 Å². The first-order chi connectivity index (χ1) is 9.25. The van der Waals surface area contributed by atoms with Gasteiger partial charge in [0.05, 0.1) is 0 Å². The molecule has 0 amide bonds. The zero-order valence-electron chi connectivity index (χ0n) is 10.1. The van der Waals surface area contributed by atoms with E-state index in [4.69, 9.17) is 0 Å². The summed E-state index contributed by atoms with van der Waals surface area (Å²) in [5.74, 6) is 0.0790. The minimum absolute atomic E-state index is 0.0790. The summed E-state index contributed by atoms with van der Waals surface area (Å²) in [5.41, 5.74) is 1.50. The Hall–Kier alpha value is -1.68. The highest BCUT2D eigenvalue weighted by Gasteiger charge is 2.12. The molecule has 0 atom stereocenters. The van der Waals surface area contributed by atoms with E-state index in [1.165, 1.54) is 0 Å². The van der Waals surface area contributed by atoms with E-state index in [1.807, 2.05) is 66.7 Å². The van der Waals surface area contributed by atoms with E-state index >= 15 is 0 Å². The molecule has 0 N–H and O–H groups in total. The summed E-state index contributed by atoms with van der Waals surface area (Å²) in [4.78, 5) is 12.6. The smallest absolute Gasteiger partial charge is 0.193 e. The summed E-state index contributed by atoms with van der Waals surface area (Å²) in [5, 5.41) is 2.10. The molecule has 0 aliphatic heterocycles. The van der Waals surface area contributed by atoms with Crippen molar-refractivity contribution in [1.82, 2.24) is 0 Å². The zero-order valence-corrected chi connectivity index (χ0v) is 12.3. The Balaban J connectivity index is 2.17. The van der Waals surface area contributed by atoms with Gasteiger partial charge in [-0.3, -0.25) is 4.79 Å². The van der Waals surface area contributed by atoms with Gasteiger partial charge in [-0.05, 0) is 45.5 Å². The van der Waals surface area contributed by atoms with Gasteiger partial charge in [0, 0.05) is 14.7 Å². The quantitative estimate of drug-likeness (QED) is 0.480. The van der Waals surface area contributed by atoms with E-state index in [0.29, 0.717) is 0 Å². The summed E-state index contributed by atoms with van der Waals surface area (Å²) >= 11 is 2.22. The number of ketones is 1. The molecule has 0 aliphatic rings. The topological polar surface area (TPSA) is 17.1 Å². The molecule has 92 valence electrons. The Morgan fingerprint density at radius 3 is 2.42 bits per heavy atom. The van der Waals surface area contributed by atoms with Gasteiger partial charge < -0.3 is 0 Å². The highest BCUT2D eigenvalue weighted by molar-refractivity contribution is 14.1. The molecular weight excluding hydrogens is 347 g/mol. The van der Waals surface area contributed by atoms with Gasteiger partial charge >= 0.3 is 0 Å². The summed E-state index contributed by atoms with van der Waals surface area (Å²) in [7, 11) is 0. The number of benzene rings is 3. The molecule has 0 bridgehead atoms. The monoisotopic (exact) mass is 358 g/mol. The number of rotatable bonds is 2. The lowest BCUT2D eigenvalue weighted by Gasteiger charge is -2.06. The standard InChI is InChI=1S/C17H11IO/c18-14-8-3-7-13(11-14)17(19)16-10-4-6-12-5-1-2-9-15(12)16/h1-11H. The first kappa shape index (κ1) is 12.4. The van der Waals surface area contributed by atoms with Gasteiger partial charge in [0.1, 0.15) is 0 Å². The molecule has 0 radical (unpaired) electrons. The van der Waals surface area contributed by atoms with Crippen LogP contribution in [0.3, 0.4) is 0 Å². The van der Waals surface area contributed by atoms with Gasteiger partial charge in [-0.15, -0.1) is 0 Å². The number of fused-ring (bicyclic) bond motifs is 1. The number of hydrogen-bond donors (Lipinski definition) is 0. The lowest BCUT2D eigenvalue weighted by Crippen LogP contribution is -2.02. The van der Waals surface area contributed by atoms with Crippen LogP contribution in [0.2, 0.25) is 0 Å². The van der Waals surface area contributed by atoms with Crippen LogP contribution in [0, 0.1) is 3.57 Å². The largest absolute Gasteiger partial charge is 0.289 e. The lowest BCUT2D eigenvalue weighted by molar-refractivity contribution is 0.104. The Morgan fingerprint density at radius 1 is 0.842 bits per heavy atom. The van der Waals surface area contributed by atoms with E-state index in [1.54, 1.807) is 0 Å². The molecule has 0 fully saturated rings. The second-order valence-corrected chi connectivity index (χ2v) is 5.61. The predicted octanol–water partition coefficient (Wildman–Crippen LogP) is 4.68. The third-order valence-corrected chi connectivity index (χ3v) is 3.79. The van der Waals surface area contributed by atoms with Crippen LogP contribution in [0.4, 0.5) is 0 Å². The van der Waals surface area contributed by atoms with Gasteiger partial charge in [-0.25, -0.2) is 0 Å². The Kier molecular flexibility index (Phi) is 3.34. The molecule has 0 heterocycles. The molecule has 3 rings (SSSR count). The Labute approximate surface area is 125 Å². The average molecular weight is 358 g/mol. The molecule has 0 aromatic heterocycles. The van der Waals surface area contributed by atoms with Crippen molar-refractivity contribution in [2.75, 3.05) is 0 Å². The van der Waals surface area contributed by atoms with Crippen molar-refractivity contribution >= 4 is 39.1 Å². The van der Waals surface area contributed by atoms with Crippen molar-refractivity contribution in [2.24, 2.45) is 0 Å². The summed E-state index contributed by atoms with van der Waals surface area (Å²) in [6, 6.07) is 21.5. The molecule has 0 spiro atoms. The van der Waals surface area contributed by atoms with E-state index in [9.17, 15) is 4.79 Å². The molecule has 0 saturated carbocycles. The fourth-order valence-corrected chi connectivity index (χ4v) is 2.75. The predicted molar refractivity (Wildman–Crippen MR) is 86.5 cm³/mol.